The lowest BCUT2D eigenvalue weighted by Crippen LogP contribution is -2.55. The van der Waals surface area contributed by atoms with E-state index in [0.29, 0.717) is 25.9 Å². The number of hydrogen-bond acceptors (Lipinski definition) is 4. The lowest BCUT2D eigenvalue weighted by molar-refractivity contribution is -0.132. The first-order chi connectivity index (χ1) is 8.00. The molecule has 2 saturated heterocycles. The van der Waals surface area contributed by atoms with Crippen LogP contribution in [-0.2, 0) is 14.6 Å². The standard InChI is InChI=1S/C11H20N2O3S/c1-9-8-13(6-5-12-9)11(14)10-4-2-3-7-17(10,15)16/h9-10,12H,2-8H2,1H3/t9-,10?/m1/s1. The minimum Gasteiger partial charge on any atom is -0.339 e. The van der Waals surface area contributed by atoms with Gasteiger partial charge in [-0.15, -0.1) is 0 Å². The molecule has 2 atom stereocenters. The van der Waals surface area contributed by atoms with Crippen LogP contribution < -0.4 is 5.32 Å². The molecule has 0 spiro atoms. The van der Waals surface area contributed by atoms with Crippen LogP contribution in [0.5, 0.6) is 0 Å². The van der Waals surface area contributed by atoms with Crippen LogP contribution in [-0.4, -0.2) is 55.9 Å². The fourth-order valence-electron chi connectivity index (χ4n) is 2.57. The van der Waals surface area contributed by atoms with Crippen LogP contribution in [0, 0.1) is 0 Å². The Hall–Kier alpha value is -0.620. The number of amides is 1. The number of rotatable bonds is 1. The molecular formula is C11H20N2O3S. The maximum atomic E-state index is 12.2. The van der Waals surface area contributed by atoms with Crippen LogP contribution in [0.25, 0.3) is 0 Å². The second kappa shape index (κ2) is 4.94. The van der Waals surface area contributed by atoms with E-state index in [1.807, 2.05) is 6.92 Å². The molecule has 2 heterocycles. The molecule has 5 nitrogen and oxygen atoms in total. The molecule has 2 aliphatic heterocycles. The van der Waals surface area contributed by atoms with Crippen molar-refractivity contribution in [2.45, 2.75) is 37.5 Å². The maximum absolute atomic E-state index is 12.2. The Balaban J connectivity index is 2.08. The zero-order valence-electron chi connectivity index (χ0n) is 10.2. The average Bonchev–Trinajstić information content (AvgIpc) is 2.27. The molecular weight excluding hydrogens is 240 g/mol. The first-order valence-corrected chi connectivity index (χ1v) is 7.96. The number of piperazine rings is 1. The van der Waals surface area contributed by atoms with Crippen molar-refractivity contribution in [2.24, 2.45) is 0 Å². The SMILES string of the molecule is C[C@@H]1CN(C(=O)C2CCCCS2(=O)=O)CCN1. The van der Waals surface area contributed by atoms with E-state index in [1.165, 1.54) is 0 Å². The third-order valence-electron chi connectivity index (χ3n) is 3.53. The van der Waals surface area contributed by atoms with Crippen molar-refractivity contribution in [3.05, 3.63) is 0 Å². The van der Waals surface area contributed by atoms with E-state index in [1.54, 1.807) is 4.90 Å². The van der Waals surface area contributed by atoms with E-state index in [9.17, 15) is 13.2 Å². The van der Waals surface area contributed by atoms with E-state index in [4.69, 9.17) is 0 Å². The van der Waals surface area contributed by atoms with Crippen molar-refractivity contribution in [1.29, 1.82) is 0 Å². The summed E-state index contributed by atoms with van der Waals surface area (Å²) in [6.45, 7) is 3.99. The average molecular weight is 260 g/mol. The summed E-state index contributed by atoms with van der Waals surface area (Å²) < 4.78 is 23.8. The topological polar surface area (TPSA) is 66.5 Å². The van der Waals surface area contributed by atoms with Crippen molar-refractivity contribution in [3.8, 4) is 0 Å². The second-order valence-corrected chi connectivity index (χ2v) is 7.29. The van der Waals surface area contributed by atoms with Crippen LogP contribution in [0.1, 0.15) is 26.2 Å². The predicted molar refractivity (Wildman–Crippen MR) is 65.5 cm³/mol. The Morgan fingerprint density at radius 2 is 2.12 bits per heavy atom. The molecule has 2 aliphatic rings. The summed E-state index contributed by atoms with van der Waals surface area (Å²) in [5.41, 5.74) is 0. The Bertz CT molecular complexity index is 394. The van der Waals surface area contributed by atoms with Gasteiger partial charge in [0.1, 0.15) is 5.25 Å². The van der Waals surface area contributed by atoms with Crippen LogP contribution in [0.3, 0.4) is 0 Å². The highest BCUT2D eigenvalue weighted by Gasteiger charge is 2.38. The molecule has 0 bridgehead atoms. The molecule has 1 unspecified atom stereocenters. The Kier molecular flexibility index (Phi) is 3.73. The summed E-state index contributed by atoms with van der Waals surface area (Å²) in [6, 6.07) is 0.249. The third kappa shape index (κ3) is 2.80. The summed E-state index contributed by atoms with van der Waals surface area (Å²) in [4.78, 5) is 13.9. The Morgan fingerprint density at radius 3 is 2.76 bits per heavy atom. The highest BCUT2D eigenvalue weighted by atomic mass is 32.2. The first-order valence-electron chi connectivity index (χ1n) is 6.24. The summed E-state index contributed by atoms with van der Waals surface area (Å²) in [5, 5.41) is 2.47. The third-order valence-corrected chi connectivity index (χ3v) is 5.70. The number of carbonyl (C=O) groups is 1. The van der Waals surface area contributed by atoms with E-state index < -0.39 is 15.1 Å². The second-order valence-electron chi connectivity index (χ2n) is 4.99. The van der Waals surface area contributed by atoms with Gasteiger partial charge in [0.05, 0.1) is 5.75 Å². The molecule has 0 radical (unpaired) electrons. The van der Waals surface area contributed by atoms with Crippen molar-refractivity contribution in [1.82, 2.24) is 10.2 Å². The molecule has 0 aromatic rings. The Morgan fingerprint density at radius 1 is 1.35 bits per heavy atom. The van der Waals surface area contributed by atoms with Gasteiger partial charge in [-0.1, -0.05) is 6.42 Å². The van der Waals surface area contributed by atoms with Gasteiger partial charge in [0.15, 0.2) is 9.84 Å². The largest absolute Gasteiger partial charge is 0.339 e. The van der Waals surface area contributed by atoms with Gasteiger partial charge in [0.25, 0.3) is 0 Å². The lowest BCUT2D eigenvalue weighted by Gasteiger charge is -2.35. The summed E-state index contributed by atoms with van der Waals surface area (Å²) in [5.74, 6) is -0.0107. The zero-order chi connectivity index (χ0) is 12.5. The Labute approximate surface area is 102 Å². The monoisotopic (exact) mass is 260 g/mol. The molecule has 98 valence electrons. The van der Waals surface area contributed by atoms with Gasteiger partial charge >= 0.3 is 0 Å². The normalized spacial score (nSPS) is 33.4. The van der Waals surface area contributed by atoms with Gasteiger partial charge in [0.2, 0.25) is 5.91 Å². The molecule has 0 aromatic carbocycles. The minimum absolute atomic E-state index is 0.172. The molecule has 1 N–H and O–H groups in total. The highest BCUT2D eigenvalue weighted by Crippen LogP contribution is 2.21. The minimum atomic E-state index is -3.20. The van der Waals surface area contributed by atoms with Crippen LogP contribution in [0.2, 0.25) is 0 Å². The number of nitrogens with one attached hydrogen (secondary N) is 1. The summed E-state index contributed by atoms with van der Waals surface area (Å²) in [6.07, 6.45) is 2.04. The molecule has 6 heteroatoms. The predicted octanol–water partition coefficient (Wildman–Crippen LogP) is -0.226. The molecule has 17 heavy (non-hydrogen) atoms. The number of sulfone groups is 1. The van der Waals surface area contributed by atoms with Crippen molar-refractivity contribution in [3.63, 3.8) is 0 Å². The van der Waals surface area contributed by atoms with Gasteiger partial charge in [-0.25, -0.2) is 8.42 Å². The summed E-state index contributed by atoms with van der Waals surface area (Å²) >= 11 is 0. The van der Waals surface area contributed by atoms with Gasteiger partial charge in [-0.2, -0.15) is 0 Å². The number of nitrogens with zero attached hydrogens (tertiary/aromatic N) is 1. The highest BCUT2D eigenvalue weighted by molar-refractivity contribution is 7.92. The quantitative estimate of drug-likeness (QED) is 0.707. The van der Waals surface area contributed by atoms with Crippen molar-refractivity contribution >= 4 is 15.7 Å². The molecule has 0 saturated carbocycles. The van der Waals surface area contributed by atoms with Gasteiger partial charge < -0.3 is 10.2 Å². The van der Waals surface area contributed by atoms with Crippen LogP contribution in [0.15, 0.2) is 0 Å². The number of hydrogen-bond donors (Lipinski definition) is 1. The molecule has 2 fully saturated rings. The summed E-state index contributed by atoms with van der Waals surface area (Å²) in [7, 11) is -3.20. The first kappa shape index (κ1) is 12.8. The van der Waals surface area contributed by atoms with E-state index in [-0.39, 0.29) is 17.7 Å². The van der Waals surface area contributed by atoms with Crippen molar-refractivity contribution < 1.29 is 13.2 Å². The molecule has 1 amide bonds. The van der Waals surface area contributed by atoms with Crippen LogP contribution >= 0.6 is 0 Å². The van der Waals surface area contributed by atoms with Gasteiger partial charge in [-0.05, 0) is 19.8 Å². The van der Waals surface area contributed by atoms with E-state index in [2.05, 4.69) is 5.32 Å². The number of carbonyl (C=O) groups excluding carboxylic acids is 1. The fourth-order valence-corrected chi connectivity index (χ4v) is 4.44. The molecule has 0 aliphatic carbocycles. The van der Waals surface area contributed by atoms with Gasteiger partial charge in [-0.3, -0.25) is 4.79 Å². The zero-order valence-corrected chi connectivity index (χ0v) is 11.0. The maximum Gasteiger partial charge on any atom is 0.241 e. The van der Waals surface area contributed by atoms with E-state index >= 15 is 0 Å². The molecule has 2 rings (SSSR count). The van der Waals surface area contributed by atoms with Gasteiger partial charge in [0, 0.05) is 25.7 Å². The smallest absolute Gasteiger partial charge is 0.241 e. The van der Waals surface area contributed by atoms with Crippen molar-refractivity contribution in [2.75, 3.05) is 25.4 Å². The lowest BCUT2D eigenvalue weighted by atomic mass is 10.1. The molecule has 0 aromatic heterocycles. The van der Waals surface area contributed by atoms with E-state index in [0.717, 1.165) is 13.0 Å². The fraction of sp³-hybridized carbons (Fsp3) is 0.909. The van der Waals surface area contributed by atoms with Crippen LogP contribution in [0.4, 0.5) is 0 Å².